The fourth-order valence-corrected chi connectivity index (χ4v) is 4.75. The van der Waals surface area contributed by atoms with Crippen LogP contribution in [0.1, 0.15) is 22.3 Å². The van der Waals surface area contributed by atoms with Crippen molar-refractivity contribution < 1.29 is 26.8 Å². The third kappa shape index (κ3) is 4.80. The second-order valence-corrected chi connectivity index (χ2v) is 9.31. The van der Waals surface area contributed by atoms with Gasteiger partial charge in [-0.15, -0.1) is 0 Å². The van der Waals surface area contributed by atoms with Crippen LogP contribution in [0.4, 0.5) is 34.8 Å². The summed E-state index contributed by atoms with van der Waals surface area (Å²) in [6.45, 7) is 1.10. The molecule has 2 aliphatic heterocycles. The molecule has 9 nitrogen and oxygen atoms in total. The van der Waals surface area contributed by atoms with Gasteiger partial charge in [0.05, 0.1) is 23.5 Å². The number of nitrogens with zero attached hydrogens (tertiary/aromatic N) is 4. The van der Waals surface area contributed by atoms with E-state index in [1.54, 1.807) is 12.3 Å². The van der Waals surface area contributed by atoms with E-state index in [1.807, 2.05) is 4.90 Å². The molecule has 0 spiro atoms. The highest BCUT2D eigenvalue weighted by molar-refractivity contribution is 6.15. The number of aromatic nitrogens is 2. The first-order valence-corrected chi connectivity index (χ1v) is 11.4. The van der Waals surface area contributed by atoms with Crippen LogP contribution in [0, 0.1) is 5.92 Å². The van der Waals surface area contributed by atoms with E-state index in [2.05, 4.69) is 15.3 Å². The lowest BCUT2D eigenvalue weighted by Gasteiger charge is -2.39. The van der Waals surface area contributed by atoms with Crippen molar-refractivity contribution in [2.45, 2.75) is 31.4 Å². The van der Waals surface area contributed by atoms with Gasteiger partial charge in [0.1, 0.15) is 17.3 Å². The van der Waals surface area contributed by atoms with Crippen LogP contribution in [0.25, 0.3) is 11.1 Å². The van der Waals surface area contributed by atoms with Gasteiger partial charge < -0.3 is 26.1 Å². The summed E-state index contributed by atoms with van der Waals surface area (Å²) in [5, 5.41) is 2.69. The summed E-state index contributed by atoms with van der Waals surface area (Å²) in [4.78, 5) is 24.9. The molecule has 0 aromatic carbocycles. The summed E-state index contributed by atoms with van der Waals surface area (Å²) in [5.41, 5.74) is 13.8. The van der Waals surface area contributed by atoms with E-state index in [9.17, 15) is 22.4 Å². The number of pyridine rings is 2. The molecule has 0 aliphatic carbocycles. The monoisotopic (exact) mass is 507 g/mol. The Labute approximate surface area is 203 Å². The fraction of sp³-hybridized carbons (Fsp3) is 0.435. The summed E-state index contributed by atoms with van der Waals surface area (Å²) in [6.07, 6.45) is -1.02. The molecule has 2 unspecified atom stereocenters. The average Bonchev–Trinajstić information content (AvgIpc) is 3.12. The van der Waals surface area contributed by atoms with Crippen molar-refractivity contribution in [2.24, 2.45) is 11.7 Å². The van der Waals surface area contributed by atoms with E-state index < -0.39 is 30.2 Å². The Balaban J connectivity index is 1.38. The van der Waals surface area contributed by atoms with Crippen molar-refractivity contribution >= 4 is 34.3 Å². The minimum atomic E-state index is -4.38. The summed E-state index contributed by atoms with van der Waals surface area (Å²) < 4.78 is 58.9. The van der Waals surface area contributed by atoms with Gasteiger partial charge in [-0.25, -0.2) is 4.39 Å². The van der Waals surface area contributed by atoms with Gasteiger partial charge in [0.25, 0.3) is 5.91 Å². The number of anilines is 3. The number of nitrogens with one attached hydrogen (secondary N) is 1. The Morgan fingerprint density at radius 1 is 1.22 bits per heavy atom. The SMILES string of the molecule is Nc1oc2cc(CN3CC(F)C3)cnc2c1C(=O)Nc1cnccc1N1CC(N)CC(C(F)(F)F)C1. The molecule has 192 valence electrons. The van der Waals surface area contributed by atoms with E-state index in [1.165, 1.54) is 23.4 Å². The zero-order valence-electron chi connectivity index (χ0n) is 19.1. The molecule has 36 heavy (non-hydrogen) atoms. The zero-order chi connectivity index (χ0) is 25.6. The second-order valence-electron chi connectivity index (χ2n) is 9.31. The number of amides is 1. The molecule has 2 fully saturated rings. The van der Waals surface area contributed by atoms with Gasteiger partial charge >= 0.3 is 6.18 Å². The minimum Gasteiger partial charge on any atom is -0.438 e. The van der Waals surface area contributed by atoms with Gasteiger partial charge in [0.2, 0.25) is 5.88 Å². The molecule has 5 rings (SSSR count). The zero-order valence-corrected chi connectivity index (χ0v) is 19.1. The molecule has 0 saturated carbocycles. The predicted octanol–water partition coefficient (Wildman–Crippen LogP) is 2.93. The molecule has 3 aromatic rings. The molecule has 13 heteroatoms. The number of carbonyl (C=O) groups is 1. The largest absolute Gasteiger partial charge is 0.438 e. The maximum atomic E-state index is 13.4. The second kappa shape index (κ2) is 9.21. The fourth-order valence-electron chi connectivity index (χ4n) is 4.75. The standard InChI is InChI=1S/C23H25F4N7O2/c24-14-9-33(10-14)7-12-3-18-20(31-5-12)19(21(29)36-18)22(35)32-16-6-30-2-1-17(16)34-8-13(23(25,26)27)4-15(28)11-34/h1-3,5-6,13-15H,4,7-11,28-29H2,(H,32,35). The first kappa shape index (κ1) is 24.3. The summed E-state index contributed by atoms with van der Waals surface area (Å²) in [5.74, 6) is -2.38. The number of hydrogen-bond acceptors (Lipinski definition) is 8. The minimum absolute atomic E-state index is 0.00244. The van der Waals surface area contributed by atoms with Gasteiger partial charge in [-0.2, -0.15) is 13.2 Å². The van der Waals surface area contributed by atoms with Crippen molar-refractivity contribution in [2.75, 3.05) is 42.1 Å². The third-order valence-electron chi connectivity index (χ3n) is 6.49. The summed E-state index contributed by atoms with van der Waals surface area (Å²) in [7, 11) is 0. The van der Waals surface area contributed by atoms with Crippen molar-refractivity contribution in [1.82, 2.24) is 14.9 Å². The van der Waals surface area contributed by atoms with E-state index >= 15 is 0 Å². The third-order valence-corrected chi connectivity index (χ3v) is 6.49. The number of halogens is 4. The predicted molar refractivity (Wildman–Crippen MR) is 125 cm³/mol. The van der Waals surface area contributed by atoms with Crippen LogP contribution < -0.4 is 21.7 Å². The lowest BCUT2D eigenvalue weighted by molar-refractivity contribution is -0.177. The lowest BCUT2D eigenvalue weighted by Crippen LogP contribution is -2.51. The molecule has 2 saturated heterocycles. The van der Waals surface area contributed by atoms with Crippen LogP contribution in [0.15, 0.2) is 35.1 Å². The van der Waals surface area contributed by atoms with Crippen molar-refractivity contribution in [1.29, 1.82) is 0 Å². The van der Waals surface area contributed by atoms with E-state index in [0.717, 1.165) is 5.56 Å². The molecule has 0 bridgehead atoms. The van der Waals surface area contributed by atoms with Crippen LogP contribution in [-0.4, -0.2) is 65.3 Å². The number of hydrogen-bond donors (Lipinski definition) is 3. The maximum Gasteiger partial charge on any atom is 0.393 e. The Kier molecular flexibility index (Phi) is 6.20. The lowest BCUT2D eigenvalue weighted by atomic mass is 9.93. The number of likely N-dealkylation sites (tertiary alicyclic amines) is 1. The number of carbonyl (C=O) groups excluding carboxylic acids is 1. The van der Waals surface area contributed by atoms with Crippen LogP contribution in [0.3, 0.4) is 0 Å². The molecular formula is C23H25F4N7O2. The van der Waals surface area contributed by atoms with Crippen molar-refractivity contribution in [3.8, 4) is 0 Å². The molecule has 5 N–H and O–H groups in total. The highest BCUT2D eigenvalue weighted by Crippen LogP contribution is 2.37. The molecule has 1 amide bonds. The Morgan fingerprint density at radius 2 is 2.00 bits per heavy atom. The van der Waals surface area contributed by atoms with Gasteiger partial charge in [0, 0.05) is 51.2 Å². The van der Waals surface area contributed by atoms with Crippen LogP contribution in [-0.2, 0) is 6.54 Å². The van der Waals surface area contributed by atoms with Crippen LogP contribution >= 0.6 is 0 Å². The number of rotatable bonds is 5. The average molecular weight is 507 g/mol. The van der Waals surface area contributed by atoms with E-state index in [4.69, 9.17) is 15.9 Å². The highest BCUT2D eigenvalue weighted by Gasteiger charge is 2.44. The highest BCUT2D eigenvalue weighted by atomic mass is 19.4. The van der Waals surface area contributed by atoms with E-state index in [-0.39, 0.29) is 42.2 Å². The Bertz CT molecular complexity index is 1280. The number of furan rings is 1. The molecule has 3 aromatic heterocycles. The topological polar surface area (TPSA) is 127 Å². The molecule has 5 heterocycles. The summed E-state index contributed by atoms with van der Waals surface area (Å²) >= 11 is 0. The number of piperidine rings is 1. The first-order valence-electron chi connectivity index (χ1n) is 11.4. The number of alkyl halides is 4. The van der Waals surface area contributed by atoms with Crippen LogP contribution in [0.2, 0.25) is 0 Å². The molecule has 0 radical (unpaired) electrons. The summed E-state index contributed by atoms with van der Waals surface area (Å²) in [6, 6.07) is 2.55. The van der Waals surface area contributed by atoms with Crippen molar-refractivity contribution in [3.63, 3.8) is 0 Å². The number of nitrogens with two attached hydrogens (primary N) is 2. The normalized spacial score (nSPS) is 21.5. The van der Waals surface area contributed by atoms with Crippen molar-refractivity contribution in [3.05, 3.63) is 41.9 Å². The van der Waals surface area contributed by atoms with Gasteiger partial charge in [-0.05, 0) is 24.1 Å². The Morgan fingerprint density at radius 3 is 2.72 bits per heavy atom. The Hall–Kier alpha value is -3.45. The first-order chi connectivity index (χ1) is 17.1. The van der Waals surface area contributed by atoms with Gasteiger partial charge in [-0.1, -0.05) is 0 Å². The van der Waals surface area contributed by atoms with Crippen LogP contribution in [0.5, 0.6) is 0 Å². The quantitative estimate of drug-likeness (QED) is 0.450. The molecular weight excluding hydrogens is 482 g/mol. The number of fused-ring (bicyclic) bond motifs is 1. The van der Waals surface area contributed by atoms with Gasteiger partial charge in [0.15, 0.2) is 5.58 Å². The molecule has 2 aliphatic rings. The number of nitrogen functional groups attached to an aromatic ring is 1. The smallest absolute Gasteiger partial charge is 0.393 e. The maximum absolute atomic E-state index is 13.4. The van der Waals surface area contributed by atoms with E-state index in [0.29, 0.717) is 30.9 Å². The van der Waals surface area contributed by atoms with Gasteiger partial charge in [-0.3, -0.25) is 19.7 Å². The molecule has 2 atom stereocenters.